The van der Waals surface area contributed by atoms with Gasteiger partial charge in [0.1, 0.15) is 0 Å². The Morgan fingerprint density at radius 2 is 0.644 bits per heavy atom. The van der Waals surface area contributed by atoms with Crippen molar-refractivity contribution in [1.82, 2.24) is 29.1 Å². The minimum atomic E-state index is 0.699. The van der Waals surface area contributed by atoms with Gasteiger partial charge >= 0.3 is 0 Å². The van der Waals surface area contributed by atoms with Crippen molar-refractivity contribution in [2.45, 2.75) is 19.6 Å². The first-order valence-corrected chi connectivity index (χ1v) is 39.2. The van der Waals surface area contributed by atoms with E-state index in [9.17, 15) is 0 Å². The fraction of sp³-hybridized carbons (Fsp3) is 0. The molecular formula is C88H46N6S7. The van der Waals surface area contributed by atoms with Crippen LogP contribution in [0.5, 0.6) is 0 Å². The van der Waals surface area contributed by atoms with Gasteiger partial charge in [0.15, 0.2) is 0 Å². The normalized spacial score (nSPS) is 12.7. The van der Waals surface area contributed by atoms with Crippen LogP contribution in [0.4, 0.5) is 0 Å². The Labute approximate surface area is 603 Å². The summed E-state index contributed by atoms with van der Waals surface area (Å²) in [5.41, 5.74) is 10.8. The highest BCUT2D eigenvalue weighted by Gasteiger charge is 2.30. The van der Waals surface area contributed by atoms with Gasteiger partial charge in [0.05, 0.1) is 53.9 Å². The second kappa shape index (κ2) is 21.8. The largest absolute Gasteiger partial charge is 0.277 e. The fourth-order valence-electron chi connectivity index (χ4n) is 16.0. The van der Waals surface area contributed by atoms with Crippen LogP contribution < -0.4 is 0 Å². The average molecular weight is 1410 g/mol. The summed E-state index contributed by atoms with van der Waals surface area (Å²) in [5.74, 6) is 1.40. The van der Waals surface area contributed by atoms with Gasteiger partial charge in [-0.25, -0.2) is 19.9 Å². The summed E-state index contributed by atoms with van der Waals surface area (Å²) in [5, 5.41) is 20.0. The molecule has 0 spiro atoms. The van der Waals surface area contributed by atoms with Crippen molar-refractivity contribution in [3.05, 3.63) is 279 Å². The van der Waals surface area contributed by atoms with Gasteiger partial charge in [0.2, 0.25) is 11.9 Å². The molecule has 6 nitrogen and oxygen atoms in total. The van der Waals surface area contributed by atoms with E-state index in [4.69, 9.17) is 19.9 Å². The minimum absolute atomic E-state index is 0.699. The number of benzene rings is 14. The Morgan fingerprint density at radius 1 is 0.248 bits per heavy atom. The van der Waals surface area contributed by atoms with Gasteiger partial charge in [-0.2, -0.15) is 0 Å². The molecule has 14 aromatic carbocycles. The standard InChI is InChI=1S/C44H23N3S4.C44H23N3S3/c1-2-13-25-24(12-1)36-26-14-3-6-18-30(26)47(40(36)37-27-15-4-7-19-31(27)49-42(25)37)44-45-38-28-16-5-8-20-32(28)50-43(38)39(46-44)29-17-11-23-35-41(29)51-34-22-10-9-21-33(34)48-35;1-2-13-27-26(12-1)37-28-14-3-7-17-32(28)47(41(37)38-29-15-5-9-19-34(29)49-42(27)38)44-45-39(43-40(46-44)30-16-6-10-20-35(30)50-43)24-21-22-36-31(23-24)25-11-4-8-18-33(25)48-36/h1-23H;1-23H. The molecule has 0 saturated carbocycles. The number of thiophene rings is 5. The van der Waals surface area contributed by atoms with Crippen molar-refractivity contribution in [2.75, 3.05) is 0 Å². The van der Waals surface area contributed by atoms with Crippen molar-refractivity contribution in [2.24, 2.45) is 0 Å². The van der Waals surface area contributed by atoms with E-state index in [1.807, 2.05) is 57.5 Å². The quantitative estimate of drug-likeness (QED) is 0.175. The Kier molecular flexibility index (Phi) is 12.3. The zero-order valence-electron chi connectivity index (χ0n) is 53.1. The van der Waals surface area contributed by atoms with Crippen LogP contribution in [0.3, 0.4) is 0 Å². The molecule has 0 radical (unpaired) electrons. The predicted molar refractivity (Wildman–Crippen MR) is 438 cm³/mol. The molecule has 0 unspecified atom stereocenters. The molecule has 0 saturated heterocycles. The molecular weight excluding hydrogens is 1370 g/mol. The summed E-state index contributed by atoms with van der Waals surface area (Å²) in [7, 11) is 0. The van der Waals surface area contributed by atoms with E-state index in [-0.39, 0.29) is 0 Å². The van der Waals surface area contributed by atoms with Crippen LogP contribution in [-0.2, 0) is 0 Å². The summed E-state index contributed by atoms with van der Waals surface area (Å²) in [4.78, 5) is 27.4. The summed E-state index contributed by atoms with van der Waals surface area (Å²) < 4.78 is 17.2. The number of aromatic nitrogens is 6. The molecule has 9 aromatic heterocycles. The molecule has 0 aliphatic carbocycles. The smallest absolute Gasteiger partial charge is 0.235 e. The van der Waals surface area contributed by atoms with E-state index in [2.05, 4.69) is 288 Å². The molecule has 470 valence electrons. The van der Waals surface area contributed by atoms with Crippen LogP contribution in [0, 0.1) is 0 Å². The van der Waals surface area contributed by atoms with Gasteiger partial charge in [-0.3, -0.25) is 9.13 Å². The van der Waals surface area contributed by atoms with Crippen LogP contribution in [-0.4, -0.2) is 29.1 Å². The summed E-state index contributed by atoms with van der Waals surface area (Å²) in [6.45, 7) is 0. The van der Waals surface area contributed by atoms with Crippen LogP contribution in [0.15, 0.2) is 299 Å². The Bertz CT molecular complexity index is 7570. The molecule has 1 aliphatic heterocycles. The van der Waals surface area contributed by atoms with E-state index in [1.165, 1.54) is 144 Å². The lowest BCUT2D eigenvalue weighted by Crippen LogP contribution is -2.04. The Hall–Kier alpha value is -10.8. The van der Waals surface area contributed by atoms with Crippen molar-refractivity contribution < 1.29 is 0 Å². The number of nitrogens with zero attached hydrogens (tertiary/aromatic N) is 6. The summed E-state index contributed by atoms with van der Waals surface area (Å²) in [6, 6.07) is 101. The number of para-hydroxylation sites is 2. The second-order valence-electron chi connectivity index (χ2n) is 25.7. The van der Waals surface area contributed by atoms with Crippen molar-refractivity contribution in [3.63, 3.8) is 0 Å². The van der Waals surface area contributed by atoms with E-state index < -0.39 is 0 Å². The highest BCUT2D eigenvalue weighted by atomic mass is 32.2. The predicted octanol–water partition coefficient (Wildman–Crippen LogP) is 27.2. The van der Waals surface area contributed by atoms with E-state index in [1.54, 1.807) is 22.7 Å². The topological polar surface area (TPSA) is 61.4 Å². The third-order valence-electron chi connectivity index (χ3n) is 20.3. The molecule has 10 heterocycles. The highest BCUT2D eigenvalue weighted by Crippen LogP contribution is 2.55. The molecule has 0 fully saturated rings. The third kappa shape index (κ3) is 8.27. The summed E-state index contributed by atoms with van der Waals surface area (Å²) in [6.07, 6.45) is 0. The molecule has 0 amide bonds. The lowest BCUT2D eigenvalue weighted by atomic mass is 10.00. The number of hydrogen-bond acceptors (Lipinski definition) is 11. The SMILES string of the molecule is c1ccc2c(c1)Sc1cccc(-c3nc(-n4c5ccccc5c5c6ccccc6c6sc7ccccc7c6c54)nc4c3sc3ccccc34)c1S2.c1ccc2c(c1)sc1ccc(-c3nc(-n4c5ccccc5c5c6ccccc6c6sc7ccccc7c6c54)nc4c3sc3ccccc34)cc12. The summed E-state index contributed by atoms with van der Waals surface area (Å²) >= 11 is 12.9. The lowest BCUT2D eigenvalue weighted by molar-refractivity contribution is 1.02. The first-order valence-electron chi connectivity index (χ1n) is 33.5. The first-order chi connectivity index (χ1) is 50.1. The molecule has 0 N–H and O–H groups in total. The third-order valence-corrected chi connectivity index (χ3v) is 28.8. The van der Waals surface area contributed by atoms with Crippen LogP contribution in [0.25, 0.3) is 201 Å². The zero-order valence-corrected chi connectivity index (χ0v) is 58.8. The van der Waals surface area contributed by atoms with Gasteiger partial charge in [0.25, 0.3) is 0 Å². The van der Waals surface area contributed by atoms with Crippen molar-refractivity contribution in [3.8, 4) is 34.4 Å². The fourth-order valence-corrected chi connectivity index (χ4v) is 24.2. The van der Waals surface area contributed by atoms with Crippen LogP contribution in [0.2, 0.25) is 0 Å². The maximum atomic E-state index is 5.67. The molecule has 1 aliphatic rings. The van der Waals surface area contributed by atoms with Gasteiger partial charge < -0.3 is 0 Å². The van der Waals surface area contributed by atoms with E-state index >= 15 is 0 Å². The van der Waals surface area contributed by atoms with Crippen LogP contribution in [0.1, 0.15) is 0 Å². The Balaban J connectivity index is 0.000000125. The number of rotatable bonds is 4. The maximum Gasteiger partial charge on any atom is 0.235 e. The molecule has 101 heavy (non-hydrogen) atoms. The monoisotopic (exact) mass is 1410 g/mol. The lowest BCUT2D eigenvalue weighted by Gasteiger charge is -2.21. The van der Waals surface area contributed by atoms with Crippen LogP contribution >= 0.6 is 80.2 Å². The zero-order chi connectivity index (χ0) is 65.7. The molecule has 0 atom stereocenters. The first kappa shape index (κ1) is 57.0. The maximum absolute atomic E-state index is 5.67. The molecule has 0 bridgehead atoms. The van der Waals surface area contributed by atoms with E-state index in [0.717, 1.165) is 64.8 Å². The van der Waals surface area contributed by atoms with Gasteiger partial charge in [-0.05, 0) is 83.6 Å². The number of hydrogen-bond donors (Lipinski definition) is 0. The van der Waals surface area contributed by atoms with Crippen molar-refractivity contribution in [1.29, 1.82) is 0 Å². The molecule has 23 aromatic rings. The van der Waals surface area contributed by atoms with Gasteiger partial charge in [-0.15, -0.1) is 56.7 Å². The van der Waals surface area contributed by atoms with Gasteiger partial charge in [0, 0.05) is 144 Å². The Morgan fingerprint density at radius 3 is 1.20 bits per heavy atom. The molecule has 24 rings (SSSR count). The van der Waals surface area contributed by atoms with E-state index in [0.29, 0.717) is 11.9 Å². The number of fused-ring (bicyclic) bond motifs is 31. The second-order valence-corrected chi connectivity index (χ2v) is 33.2. The van der Waals surface area contributed by atoms with Gasteiger partial charge in [-0.1, -0.05) is 230 Å². The minimum Gasteiger partial charge on any atom is -0.277 e. The molecule has 13 heteroatoms. The van der Waals surface area contributed by atoms with Crippen molar-refractivity contribution >= 4 is 246 Å². The average Bonchev–Trinajstić information content (AvgIpc) is 1.54. The highest BCUT2D eigenvalue weighted by molar-refractivity contribution is 8.05.